The van der Waals surface area contributed by atoms with Gasteiger partial charge in [-0.3, -0.25) is 0 Å². The van der Waals surface area contributed by atoms with E-state index in [9.17, 15) is 0 Å². The van der Waals surface area contributed by atoms with E-state index in [0.717, 1.165) is 27.5 Å². The number of fused-ring (bicyclic) bond motifs is 1. The van der Waals surface area contributed by atoms with Gasteiger partial charge in [-0.2, -0.15) is 0 Å². The number of hydrogen-bond donors (Lipinski definition) is 0. The number of hydrogen-bond acceptors (Lipinski definition) is 3. The van der Waals surface area contributed by atoms with Gasteiger partial charge in [0, 0.05) is 168 Å². The van der Waals surface area contributed by atoms with E-state index in [1.807, 2.05) is 54.6 Å². The lowest BCUT2D eigenvalue weighted by molar-refractivity contribution is 0.305. The van der Waals surface area contributed by atoms with Crippen molar-refractivity contribution < 1.29 is 14.2 Å². The van der Waals surface area contributed by atoms with Gasteiger partial charge in [0.2, 0.25) is 0 Å². The van der Waals surface area contributed by atoms with Crippen molar-refractivity contribution in [2.24, 2.45) is 0 Å². The summed E-state index contributed by atoms with van der Waals surface area (Å²) in [5.74, 6) is 101. The average molecular weight is 1180 g/mol. The molecular weight excluding hydrogens is 1160 g/mol. The molecule has 0 fully saturated rings. The van der Waals surface area contributed by atoms with E-state index >= 15 is 0 Å². The van der Waals surface area contributed by atoms with Gasteiger partial charge < -0.3 is 14.2 Å². The molecule has 5 aromatic carbocycles. The topological polar surface area (TPSA) is 27.7 Å². The van der Waals surface area contributed by atoms with Crippen molar-refractivity contribution in [3.8, 4) is 279 Å². The first-order valence-electron chi connectivity index (χ1n) is 22.4. The van der Waals surface area contributed by atoms with Crippen molar-refractivity contribution in [1.29, 1.82) is 0 Å². The highest BCUT2D eigenvalue weighted by atomic mass is 79.9. The van der Waals surface area contributed by atoms with Crippen molar-refractivity contribution >= 4 is 73.1 Å². The Morgan fingerprint density at radius 1 is 0.317 bits per heavy atom. The zero-order valence-electron chi connectivity index (χ0n) is 41.6. The van der Waals surface area contributed by atoms with Gasteiger partial charge in [0.1, 0.15) is 40.4 Å². The predicted molar refractivity (Wildman–Crippen MR) is 331 cm³/mol. The van der Waals surface area contributed by atoms with Gasteiger partial charge in [-0.1, -0.05) is 80.5 Å². The molecule has 0 aliphatic heterocycles. The van der Waals surface area contributed by atoms with Gasteiger partial charge in [-0.25, -0.2) is 0 Å². The molecule has 0 N–H and O–H groups in total. The molecule has 3 nitrogen and oxygen atoms in total. The lowest BCUT2D eigenvalue weighted by atomic mass is 9.84. The number of rotatable bonds is 8. The largest absolute Gasteiger partial charge is 0.489 e. The van der Waals surface area contributed by atoms with Gasteiger partial charge in [0.05, 0.1) is 0 Å². The molecule has 0 heterocycles. The second-order valence-electron chi connectivity index (χ2n) is 14.2. The van der Waals surface area contributed by atoms with Crippen LogP contribution >= 0.6 is 62.3 Å². The molecule has 0 spiro atoms. The molecular formula is C74H19BrCl4O3. The normalized spacial score (nSPS) is 7.60. The highest BCUT2D eigenvalue weighted by Crippen LogP contribution is 2.48. The maximum absolute atomic E-state index is 6.52. The lowest BCUT2D eigenvalue weighted by Gasteiger charge is -2.31. The first kappa shape index (κ1) is 60.6. The van der Waals surface area contributed by atoms with Gasteiger partial charge >= 0.3 is 0 Å². The van der Waals surface area contributed by atoms with Crippen LogP contribution in [0.2, 0.25) is 20.1 Å². The fourth-order valence-corrected chi connectivity index (χ4v) is 7.64. The van der Waals surface area contributed by atoms with E-state index in [1.54, 1.807) is 30.3 Å². The fraction of sp³-hybridized carbons (Fsp3) is 0.0270. The molecule has 0 aromatic heterocycles. The van der Waals surface area contributed by atoms with Crippen LogP contribution in [0.5, 0.6) is 17.2 Å². The number of terminal acetylenes is 2. The lowest BCUT2D eigenvalue weighted by Crippen LogP contribution is -2.22. The monoisotopic (exact) mass is 1170 g/mol. The van der Waals surface area contributed by atoms with Crippen molar-refractivity contribution in [2.45, 2.75) is 10.9 Å². The quantitative estimate of drug-likeness (QED) is 0.0881. The van der Waals surface area contributed by atoms with Crippen LogP contribution in [0, 0.1) is 262 Å². The molecule has 5 aromatic rings. The summed E-state index contributed by atoms with van der Waals surface area (Å²) in [6.07, 6.45) is 15.1. The summed E-state index contributed by atoms with van der Waals surface area (Å²) in [4.78, 5) is 0. The standard InChI is InChI=1S/C74H19BrCl4O3/c1-3-5-7-9-11-13-15-17-19-21-23-25-27-29-31-33-35-37-39-41-47-80-72-49-61(50-73(59-72)81-48-42-40-38-36-34-32-30-28-26-24-22-20-18-16-14-12-10-8-6-4-2)60-82-71-46-44-62-51-64(45-43-63(62)52-71)74(75,65-53-67(76)57-68(77)54-65)66-55-69(78)58-70(79)56-66/h1-2,43-46,49-59H,60H2. The third-order valence-electron chi connectivity index (χ3n) is 8.91. The Balaban J connectivity index is 1.30. The first-order valence-corrected chi connectivity index (χ1v) is 24.7. The van der Waals surface area contributed by atoms with Crippen LogP contribution in [0.3, 0.4) is 0 Å². The molecule has 0 saturated carbocycles. The van der Waals surface area contributed by atoms with Crippen molar-refractivity contribution in [3.05, 3.63) is 133 Å². The number of ether oxygens (including phenoxy) is 3. The van der Waals surface area contributed by atoms with E-state index in [0.29, 0.717) is 42.9 Å². The minimum Gasteiger partial charge on any atom is -0.489 e. The second kappa shape index (κ2) is 35.9. The maximum Gasteiger partial charge on any atom is 0.144 e. The van der Waals surface area contributed by atoms with Gasteiger partial charge in [0.15, 0.2) is 0 Å². The summed E-state index contributed by atoms with van der Waals surface area (Å²) in [6.45, 7) is 0.102. The molecule has 5 rings (SSSR count). The third kappa shape index (κ3) is 22.9. The molecule has 82 heavy (non-hydrogen) atoms. The average Bonchev–Trinajstić information content (AvgIpc) is 3.30. The number of halogens is 5. The van der Waals surface area contributed by atoms with Crippen LogP contribution in [0.15, 0.2) is 91.0 Å². The number of alkyl halides is 1. The Labute approximate surface area is 506 Å². The van der Waals surface area contributed by atoms with E-state index in [-0.39, 0.29) is 6.61 Å². The van der Waals surface area contributed by atoms with Crippen molar-refractivity contribution in [2.75, 3.05) is 0 Å². The second-order valence-corrected chi connectivity index (χ2v) is 17.2. The predicted octanol–water partition coefficient (Wildman–Crippen LogP) is 10.7. The van der Waals surface area contributed by atoms with E-state index in [4.69, 9.17) is 73.5 Å². The SMILES string of the molecule is C#CC#CC#CC#CC#CC#CC#CC#CC#CC#CC#COc1cc(COc2ccc3cc(C(Br)(c4cc(Cl)cc(Cl)c4)c4cc(Cl)cc(Cl)c4)ccc3c2)cc(OC#CC#CC#CC#CC#CC#CC#CC#CC#CC#CC#C)c1. The molecule has 0 unspecified atom stereocenters. The van der Waals surface area contributed by atoms with Crippen LogP contribution in [0.25, 0.3) is 10.8 Å². The van der Waals surface area contributed by atoms with Gasteiger partial charge in [-0.15, -0.1) is 12.8 Å². The molecule has 0 aliphatic rings. The molecule has 0 atom stereocenters. The molecule has 0 radical (unpaired) electrons. The summed E-state index contributed by atoms with van der Waals surface area (Å²) >= 11 is 30.1. The molecule has 0 amide bonds. The smallest absolute Gasteiger partial charge is 0.144 e. The molecule has 368 valence electrons. The molecule has 0 aliphatic carbocycles. The van der Waals surface area contributed by atoms with E-state index in [1.165, 1.54) is 0 Å². The van der Waals surface area contributed by atoms with Crippen molar-refractivity contribution in [3.63, 3.8) is 0 Å². The highest BCUT2D eigenvalue weighted by molar-refractivity contribution is 9.10. The summed E-state index contributed by atoms with van der Waals surface area (Å²) in [6, 6.07) is 27.5. The summed E-state index contributed by atoms with van der Waals surface area (Å²) in [5.41, 5.74) is 3.08. The highest BCUT2D eigenvalue weighted by Gasteiger charge is 2.35. The Morgan fingerprint density at radius 2 is 0.622 bits per heavy atom. The zero-order valence-corrected chi connectivity index (χ0v) is 46.2. The Hall–Kier alpha value is -12.3. The van der Waals surface area contributed by atoms with Gasteiger partial charge in [-0.05, 0) is 194 Å². The minimum atomic E-state index is -0.938. The molecule has 8 heteroatoms. The van der Waals surface area contributed by atoms with Crippen molar-refractivity contribution in [1.82, 2.24) is 0 Å². The van der Waals surface area contributed by atoms with Crippen LogP contribution in [-0.2, 0) is 10.9 Å². The minimum absolute atomic E-state index is 0.102. The number of benzene rings is 5. The van der Waals surface area contributed by atoms with E-state index in [2.05, 4.69) is 271 Å². The summed E-state index contributed by atoms with van der Waals surface area (Å²) in [7, 11) is 0. The van der Waals surface area contributed by atoms with Gasteiger partial charge in [0.25, 0.3) is 0 Å². The first-order chi connectivity index (χ1) is 40.2. The maximum atomic E-state index is 6.52. The summed E-state index contributed by atoms with van der Waals surface area (Å²) < 4.78 is 16.7. The molecule has 0 bridgehead atoms. The Bertz CT molecular complexity index is 4630. The van der Waals surface area contributed by atoms with Crippen LogP contribution in [0.1, 0.15) is 22.3 Å². The fourth-order valence-electron chi connectivity index (χ4n) is 5.89. The van der Waals surface area contributed by atoms with Crippen LogP contribution in [-0.4, -0.2) is 0 Å². The summed E-state index contributed by atoms with van der Waals surface area (Å²) in [5, 5.41) is 3.69. The Morgan fingerprint density at radius 3 is 0.963 bits per heavy atom. The molecule has 0 saturated heterocycles. The van der Waals surface area contributed by atoms with Crippen LogP contribution < -0.4 is 14.2 Å². The Kier molecular flexibility index (Phi) is 26.5. The third-order valence-corrected chi connectivity index (χ3v) is 11.2. The van der Waals surface area contributed by atoms with E-state index < -0.39 is 4.32 Å². The van der Waals surface area contributed by atoms with Crippen LogP contribution in [0.4, 0.5) is 0 Å². The zero-order chi connectivity index (χ0) is 58.1.